The van der Waals surface area contributed by atoms with Crippen LogP contribution in [0.15, 0.2) is 65.6 Å². The average Bonchev–Trinajstić information content (AvgIpc) is 3.24. The monoisotopic (exact) mass is 412 g/mol. The molecule has 0 aliphatic heterocycles. The molecule has 1 aliphatic carbocycles. The third-order valence-corrected chi connectivity index (χ3v) is 5.85. The van der Waals surface area contributed by atoms with Crippen LogP contribution in [0.3, 0.4) is 0 Å². The summed E-state index contributed by atoms with van der Waals surface area (Å²) in [5.74, 6) is -1.18. The molecule has 0 aromatic heterocycles. The molecule has 1 aliphatic rings. The van der Waals surface area contributed by atoms with Gasteiger partial charge < -0.3 is 10.1 Å². The number of thioether (sulfide) groups is 1. The van der Waals surface area contributed by atoms with Gasteiger partial charge in [0.25, 0.3) is 5.91 Å². The van der Waals surface area contributed by atoms with E-state index in [0.29, 0.717) is 0 Å². The Bertz CT molecular complexity index is 823. The summed E-state index contributed by atoms with van der Waals surface area (Å²) in [6.45, 7) is -0.504. The van der Waals surface area contributed by atoms with Gasteiger partial charge in [-0.05, 0) is 30.5 Å². The molecule has 2 aromatic rings. The van der Waals surface area contributed by atoms with Gasteiger partial charge in [0, 0.05) is 10.9 Å². The van der Waals surface area contributed by atoms with E-state index in [9.17, 15) is 14.4 Å². The first-order valence-corrected chi connectivity index (χ1v) is 10.5. The van der Waals surface area contributed by atoms with Gasteiger partial charge >= 0.3 is 12.0 Å². The van der Waals surface area contributed by atoms with Crippen LogP contribution < -0.4 is 10.6 Å². The molecule has 7 heteroatoms. The fourth-order valence-corrected chi connectivity index (χ4v) is 4.23. The number of urea groups is 1. The van der Waals surface area contributed by atoms with Gasteiger partial charge in [-0.1, -0.05) is 61.4 Å². The molecule has 1 fully saturated rings. The van der Waals surface area contributed by atoms with Crippen molar-refractivity contribution >= 4 is 29.7 Å². The fraction of sp³-hybridized carbons (Fsp3) is 0.318. The van der Waals surface area contributed by atoms with Crippen LogP contribution in [0.25, 0.3) is 0 Å². The largest absolute Gasteiger partial charge is 0.454 e. The maximum Gasteiger partial charge on any atom is 0.324 e. The van der Waals surface area contributed by atoms with Crippen LogP contribution in [0, 0.1) is 0 Å². The highest BCUT2D eigenvalue weighted by molar-refractivity contribution is 8.00. The number of nitrogens with one attached hydrogen (secondary N) is 2. The first-order chi connectivity index (χ1) is 14.1. The third-order valence-electron chi connectivity index (χ3n) is 4.60. The normalized spacial score (nSPS) is 14.8. The Morgan fingerprint density at radius 3 is 2.24 bits per heavy atom. The molecule has 1 saturated carbocycles. The molecular formula is C22H24N2O4S. The highest BCUT2D eigenvalue weighted by Crippen LogP contribution is 2.36. The van der Waals surface area contributed by atoms with Crippen molar-refractivity contribution in [3.63, 3.8) is 0 Å². The molecule has 0 spiro atoms. The second-order valence-electron chi connectivity index (χ2n) is 6.83. The molecule has 3 rings (SSSR count). The van der Waals surface area contributed by atoms with Crippen molar-refractivity contribution in [3.8, 4) is 0 Å². The topological polar surface area (TPSA) is 84.5 Å². The average molecular weight is 413 g/mol. The number of amides is 3. The van der Waals surface area contributed by atoms with Crippen LogP contribution in [0.2, 0.25) is 0 Å². The van der Waals surface area contributed by atoms with Crippen LogP contribution >= 0.6 is 11.8 Å². The zero-order chi connectivity index (χ0) is 20.5. The Morgan fingerprint density at radius 1 is 0.966 bits per heavy atom. The van der Waals surface area contributed by atoms with E-state index in [-0.39, 0.29) is 6.04 Å². The van der Waals surface area contributed by atoms with Gasteiger partial charge in [-0.3, -0.25) is 14.9 Å². The molecule has 2 N–H and O–H groups in total. The molecule has 3 amide bonds. The summed E-state index contributed by atoms with van der Waals surface area (Å²) in [7, 11) is 0. The van der Waals surface area contributed by atoms with E-state index in [4.69, 9.17) is 4.74 Å². The first-order valence-electron chi connectivity index (χ1n) is 9.65. The summed E-state index contributed by atoms with van der Waals surface area (Å²) in [5, 5.41) is 4.37. The molecule has 0 saturated heterocycles. The Morgan fingerprint density at radius 2 is 1.59 bits per heavy atom. The highest BCUT2D eigenvalue weighted by atomic mass is 32.2. The van der Waals surface area contributed by atoms with Gasteiger partial charge in [-0.25, -0.2) is 4.79 Å². The second kappa shape index (κ2) is 10.7. The number of benzene rings is 2. The van der Waals surface area contributed by atoms with E-state index in [1.54, 1.807) is 0 Å². The van der Waals surface area contributed by atoms with Crippen molar-refractivity contribution in [1.82, 2.24) is 10.6 Å². The molecular weight excluding hydrogens is 388 g/mol. The number of ether oxygens (including phenoxy) is 1. The second-order valence-corrected chi connectivity index (χ2v) is 8.01. The summed E-state index contributed by atoms with van der Waals surface area (Å²) in [6.07, 6.45) is 4.01. The molecule has 0 unspecified atom stereocenters. The number of esters is 1. The first kappa shape index (κ1) is 20.9. The lowest BCUT2D eigenvalue weighted by Gasteiger charge is -2.16. The summed E-state index contributed by atoms with van der Waals surface area (Å²) in [4.78, 5) is 37.5. The minimum Gasteiger partial charge on any atom is -0.454 e. The van der Waals surface area contributed by atoms with Gasteiger partial charge in [0.2, 0.25) is 0 Å². The lowest BCUT2D eigenvalue weighted by Crippen LogP contribution is -2.45. The quantitative estimate of drug-likeness (QED) is 0.533. The van der Waals surface area contributed by atoms with Gasteiger partial charge in [-0.2, -0.15) is 0 Å². The van der Waals surface area contributed by atoms with Crippen molar-refractivity contribution in [2.24, 2.45) is 0 Å². The Balaban J connectivity index is 1.55. The Kier molecular flexibility index (Phi) is 7.69. The Labute approximate surface area is 174 Å². The van der Waals surface area contributed by atoms with Crippen molar-refractivity contribution in [1.29, 1.82) is 0 Å². The standard InChI is InChI=1S/C22H24N2O4S/c25-19(24-22(27)23-17-11-7-8-12-17)15-28-21(26)20(16-9-3-1-4-10-16)29-18-13-5-2-6-14-18/h1-6,9-10,13-14,17,20H,7-8,11-12,15H2,(H2,23,24,25,27)/t20-/m0/s1. The predicted molar refractivity (Wildman–Crippen MR) is 111 cm³/mol. The maximum absolute atomic E-state index is 12.7. The number of carbonyl (C=O) groups is 3. The van der Waals surface area contributed by atoms with E-state index in [0.717, 1.165) is 36.1 Å². The molecule has 0 bridgehead atoms. The lowest BCUT2D eigenvalue weighted by atomic mass is 10.1. The highest BCUT2D eigenvalue weighted by Gasteiger charge is 2.25. The minimum absolute atomic E-state index is 0.107. The molecule has 0 radical (unpaired) electrons. The molecule has 0 heterocycles. The summed E-state index contributed by atoms with van der Waals surface area (Å²) >= 11 is 1.35. The van der Waals surface area contributed by atoms with Gasteiger partial charge in [0.1, 0.15) is 5.25 Å². The van der Waals surface area contributed by atoms with Crippen molar-refractivity contribution in [2.45, 2.75) is 41.9 Å². The maximum atomic E-state index is 12.7. The van der Waals surface area contributed by atoms with Crippen LogP contribution in [-0.4, -0.2) is 30.6 Å². The predicted octanol–water partition coefficient (Wildman–Crippen LogP) is 3.83. The van der Waals surface area contributed by atoms with Crippen molar-refractivity contribution in [2.75, 3.05) is 6.61 Å². The molecule has 2 aromatic carbocycles. The number of hydrogen-bond acceptors (Lipinski definition) is 5. The summed E-state index contributed by atoms with van der Waals surface area (Å²) in [6, 6.07) is 18.3. The lowest BCUT2D eigenvalue weighted by molar-refractivity contribution is -0.147. The zero-order valence-electron chi connectivity index (χ0n) is 16.0. The zero-order valence-corrected chi connectivity index (χ0v) is 16.8. The number of hydrogen-bond donors (Lipinski definition) is 2. The van der Waals surface area contributed by atoms with E-state index in [1.807, 2.05) is 60.7 Å². The molecule has 152 valence electrons. The van der Waals surface area contributed by atoms with Crippen molar-refractivity contribution in [3.05, 3.63) is 66.2 Å². The number of carbonyl (C=O) groups excluding carboxylic acids is 3. The molecule has 6 nitrogen and oxygen atoms in total. The van der Waals surface area contributed by atoms with E-state index in [1.165, 1.54) is 11.8 Å². The molecule has 1 atom stereocenters. The number of imide groups is 1. The van der Waals surface area contributed by atoms with Gasteiger partial charge in [0.05, 0.1) is 0 Å². The van der Waals surface area contributed by atoms with E-state index < -0.39 is 29.8 Å². The molecule has 29 heavy (non-hydrogen) atoms. The number of rotatable bonds is 7. The van der Waals surface area contributed by atoms with E-state index in [2.05, 4.69) is 10.6 Å². The van der Waals surface area contributed by atoms with Gasteiger partial charge in [-0.15, -0.1) is 11.8 Å². The van der Waals surface area contributed by atoms with Crippen LogP contribution in [-0.2, 0) is 14.3 Å². The SMILES string of the molecule is O=C(COC(=O)[C@@H](Sc1ccccc1)c1ccccc1)NC(=O)NC1CCCC1. The fourth-order valence-electron chi connectivity index (χ4n) is 3.18. The third kappa shape index (κ3) is 6.64. The van der Waals surface area contributed by atoms with Gasteiger partial charge in [0.15, 0.2) is 6.61 Å². The minimum atomic E-state index is -0.648. The van der Waals surface area contributed by atoms with Crippen LogP contribution in [0.1, 0.15) is 36.5 Å². The summed E-state index contributed by atoms with van der Waals surface area (Å²) in [5.41, 5.74) is 0.783. The van der Waals surface area contributed by atoms with E-state index >= 15 is 0 Å². The smallest absolute Gasteiger partial charge is 0.324 e. The van der Waals surface area contributed by atoms with Crippen LogP contribution in [0.5, 0.6) is 0 Å². The summed E-state index contributed by atoms with van der Waals surface area (Å²) < 4.78 is 5.21. The van der Waals surface area contributed by atoms with Crippen LogP contribution in [0.4, 0.5) is 4.79 Å². The Hall–Kier alpha value is -2.80. The van der Waals surface area contributed by atoms with Crippen molar-refractivity contribution < 1.29 is 19.1 Å².